The van der Waals surface area contributed by atoms with E-state index in [1.165, 1.54) is 0 Å². The van der Waals surface area contributed by atoms with E-state index in [0.29, 0.717) is 5.75 Å². The predicted molar refractivity (Wildman–Crippen MR) is 50.5 cm³/mol. The van der Waals surface area contributed by atoms with E-state index in [1.54, 1.807) is 6.07 Å². The van der Waals surface area contributed by atoms with Crippen LogP contribution in [-0.4, -0.2) is 5.11 Å². The molecule has 0 atom stereocenters. The van der Waals surface area contributed by atoms with Gasteiger partial charge < -0.3 is 8.64 Å². The monoisotopic (exact) mass is 249 g/mol. The Morgan fingerprint density at radius 1 is 1.50 bits per heavy atom. The van der Waals surface area contributed by atoms with Crippen molar-refractivity contribution in [2.75, 3.05) is 3.53 Å². The molecule has 2 N–H and O–H groups in total. The van der Waals surface area contributed by atoms with Gasteiger partial charge in [0.05, 0.1) is 28.6 Å². The number of phenolic OH excluding ortho intramolecular Hbond substituents is 1. The van der Waals surface area contributed by atoms with Crippen molar-refractivity contribution >= 4 is 28.6 Å². The molecule has 0 bridgehead atoms. The lowest BCUT2D eigenvalue weighted by atomic mass is 10.2. The standard InChI is InChI=1S/C7H8INO/c1-5-2-3-7(10)6(4-5)9-8/h2-4,9-10H,1H3. The van der Waals surface area contributed by atoms with Crippen LogP contribution >= 0.6 is 22.9 Å². The number of hydrogen-bond acceptors (Lipinski definition) is 2. The number of benzene rings is 1. The third-order valence-electron chi connectivity index (χ3n) is 1.25. The topological polar surface area (TPSA) is 32.3 Å². The summed E-state index contributed by atoms with van der Waals surface area (Å²) in [7, 11) is 0. The van der Waals surface area contributed by atoms with Gasteiger partial charge in [0.15, 0.2) is 0 Å². The summed E-state index contributed by atoms with van der Waals surface area (Å²) in [6, 6.07) is 5.44. The maximum Gasteiger partial charge on any atom is 0.139 e. The highest BCUT2D eigenvalue weighted by Gasteiger charge is 1.96. The lowest BCUT2D eigenvalue weighted by Crippen LogP contribution is -1.80. The molecule has 0 heterocycles. The smallest absolute Gasteiger partial charge is 0.139 e. The molecule has 0 aliphatic carbocycles. The summed E-state index contributed by atoms with van der Waals surface area (Å²) in [5, 5.41) is 9.17. The molecule has 0 radical (unpaired) electrons. The van der Waals surface area contributed by atoms with Crippen LogP contribution in [-0.2, 0) is 0 Å². The van der Waals surface area contributed by atoms with Crippen LogP contribution < -0.4 is 3.53 Å². The molecule has 0 saturated carbocycles. The first-order chi connectivity index (χ1) is 4.74. The number of hydrogen-bond donors (Lipinski definition) is 2. The summed E-state index contributed by atoms with van der Waals surface area (Å²) in [4.78, 5) is 0. The van der Waals surface area contributed by atoms with Crippen LogP contribution in [0.15, 0.2) is 18.2 Å². The zero-order valence-corrected chi connectivity index (χ0v) is 7.71. The fraction of sp³-hybridized carbons (Fsp3) is 0.143. The molecular weight excluding hydrogens is 241 g/mol. The molecule has 0 aromatic heterocycles. The normalized spacial score (nSPS) is 9.40. The second-order valence-electron chi connectivity index (χ2n) is 2.12. The van der Waals surface area contributed by atoms with E-state index in [4.69, 9.17) is 5.11 Å². The Morgan fingerprint density at radius 3 is 2.70 bits per heavy atom. The summed E-state index contributed by atoms with van der Waals surface area (Å²) < 4.78 is 2.86. The van der Waals surface area contributed by atoms with E-state index in [2.05, 4.69) is 3.53 Å². The first kappa shape index (κ1) is 7.65. The largest absolute Gasteiger partial charge is 0.506 e. The van der Waals surface area contributed by atoms with Crippen LogP contribution in [0.1, 0.15) is 5.56 Å². The van der Waals surface area contributed by atoms with E-state index in [-0.39, 0.29) is 0 Å². The minimum absolute atomic E-state index is 0.292. The van der Waals surface area contributed by atoms with Crippen LogP contribution in [0.4, 0.5) is 5.69 Å². The highest BCUT2D eigenvalue weighted by Crippen LogP contribution is 2.24. The van der Waals surface area contributed by atoms with Crippen molar-refractivity contribution < 1.29 is 5.11 Å². The van der Waals surface area contributed by atoms with Crippen molar-refractivity contribution in [3.8, 4) is 5.75 Å². The van der Waals surface area contributed by atoms with Gasteiger partial charge in [-0.2, -0.15) is 0 Å². The number of anilines is 1. The molecule has 1 aromatic carbocycles. The van der Waals surface area contributed by atoms with Crippen molar-refractivity contribution in [2.45, 2.75) is 6.92 Å². The van der Waals surface area contributed by atoms with Gasteiger partial charge in [-0.3, -0.25) is 0 Å². The lowest BCUT2D eigenvalue weighted by Gasteiger charge is -2.01. The van der Waals surface area contributed by atoms with Crippen molar-refractivity contribution in [1.29, 1.82) is 0 Å². The molecule has 0 amide bonds. The van der Waals surface area contributed by atoms with Crippen molar-refractivity contribution in [2.24, 2.45) is 0 Å². The molecule has 0 aliphatic heterocycles. The lowest BCUT2D eigenvalue weighted by molar-refractivity contribution is 0.478. The van der Waals surface area contributed by atoms with E-state index in [9.17, 15) is 0 Å². The van der Waals surface area contributed by atoms with Crippen LogP contribution in [0.25, 0.3) is 0 Å². The highest BCUT2D eigenvalue weighted by molar-refractivity contribution is 14.1. The van der Waals surface area contributed by atoms with Gasteiger partial charge in [-0.1, -0.05) is 6.07 Å². The quantitative estimate of drug-likeness (QED) is 0.455. The molecule has 0 spiro atoms. The van der Waals surface area contributed by atoms with Crippen molar-refractivity contribution in [1.82, 2.24) is 0 Å². The van der Waals surface area contributed by atoms with Gasteiger partial charge in [0, 0.05) is 0 Å². The molecule has 0 saturated heterocycles. The fourth-order valence-corrected chi connectivity index (χ4v) is 1.16. The average molecular weight is 249 g/mol. The van der Waals surface area contributed by atoms with Gasteiger partial charge >= 0.3 is 0 Å². The molecule has 0 unspecified atom stereocenters. The Labute approximate surface area is 73.8 Å². The number of rotatable bonds is 1. The molecule has 1 aromatic rings. The number of aromatic hydroxyl groups is 1. The minimum atomic E-state index is 0.292. The molecule has 2 nitrogen and oxygen atoms in total. The first-order valence-electron chi connectivity index (χ1n) is 2.90. The molecular formula is C7H8INO. The van der Waals surface area contributed by atoms with E-state index < -0.39 is 0 Å². The third kappa shape index (κ3) is 1.53. The second kappa shape index (κ2) is 3.09. The van der Waals surface area contributed by atoms with E-state index in [0.717, 1.165) is 11.3 Å². The number of aryl methyl sites for hydroxylation is 1. The number of halogens is 1. The molecule has 3 heteroatoms. The highest BCUT2D eigenvalue weighted by atomic mass is 127. The van der Waals surface area contributed by atoms with E-state index in [1.807, 2.05) is 41.9 Å². The van der Waals surface area contributed by atoms with Crippen LogP contribution in [0, 0.1) is 6.92 Å². The summed E-state index contributed by atoms with van der Waals surface area (Å²) in [5.41, 5.74) is 1.90. The third-order valence-corrected chi connectivity index (χ3v) is 1.83. The maximum atomic E-state index is 9.17. The summed E-state index contributed by atoms with van der Waals surface area (Å²) >= 11 is 1.99. The Morgan fingerprint density at radius 2 is 2.20 bits per heavy atom. The fourth-order valence-electron chi connectivity index (χ4n) is 0.726. The minimum Gasteiger partial charge on any atom is -0.506 e. The predicted octanol–water partition coefficient (Wildman–Crippen LogP) is 2.46. The van der Waals surface area contributed by atoms with Crippen LogP contribution in [0.3, 0.4) is 0 Å². The summed E-state index contributed by atoms with van der Waals surface area (Å²) in [6.07, 6.45) is 0. The Kier molecular flexibility index (Phi) is 2.37. The summed E-state index contributed by atoms with van der Waals surface area (Å²) in [5.74, 6) is 0.292. The molecule has 10 heavy (non-hydrogen) atoms. The zero-order chi connectivity index (χ0) is 7.56. The number of phenols is 1. The van der Waals surface area contributed by atoms with Gasteiger partial charge in [0.2, 0.25) is 0 Å². The van der Waals surface area contributed by atoms with Gasteiger partial charge in [0.25, 0.3) is 0 Å². The first-order valence-corrected chi connectivity index (χ1v) is 3.98. The SMILES string of the molecule is Cc1ccc(O)c(NI)c1. The number of nitrogens with one attached hydrogen (secondary N) is 1. The van der Waals surface area contributed by atoms with Crippen LogP contribution in [0.2, 0.25) is 0 Å². The maximum absolute atomic E-state index is 9.17. The Balaban J connectivity index is 3.09. The van der Waals surface area contributed by atoms with Crippen LogP contribution in [0.5, 0.6) is 5.75 Å². The average Bonchev–Trinajstić information content (AvgIpc) is 1.94. The molecule has 0 fully saturated rings. The van der Waals surface area contributed by atoms with Crippen molar-refractivity contribution in [3.05, 3.63) is 23.8 Å². The Bertz CT molecular complexity index is 237. The van der Waals surface area contributed by atoms with Gasteiger partial charge in [-0.15, -0.1) is 0 Å². The Hall–Kier alpha value is -0.450. The zero-order valence-electron chi connectivity index (χ0n) is 5.56. The van der Waals surface area contributed by atoms with Gasteiger partial charge in [0.1, 0.15) is 5.75 Å². The van der Waals surface area contributed by atoms with Crippen molar-refractivity contribution in [3.63, 3.8) is 0 Å². The molecule has 54 valence electrons. The van der Waals surface area contributed by atoms with E-state index >= 15 is 0 Å². The summed E-state index contributed by atoms with van der Waals surface area (Å²) in [6.45, 7) is 1.98. The molecule has 1 rings (SSSR count). The molecule has 0 aliphatic rings. The van der Waals surface area contributed by atoms with Gasteiger partial charge in [-0.25, -0.2) is 0 Å². The second-order valence-corrected chi connectivity index (χ2v) is 2.65. The van der Waals surface area contributed by atoms with Gasteiger partial charge in [-0.05, 0) is 24.6 Å².